The first kappa shape index (κ1) is 15.7. The summed E-state index contributed by atoms with van der Waals surface area (Å²) >= 11 is 2.72. The van der Waals surface area contributed by atoms with Crippen LogP contribution in [0.3, 0.4) is 0 Å². The van der Waals surface area contributed by atoms with Gasteiger partial charge in [-0.2, -0.15) is 0 Å². The summed E-state index contributed by atoms with van der Waals surface area (Å²) in [7, 11) is 0. The zero-order valence-electron chi connectivity index (χ0n) is 3.78. The monoisotopic (exact) mass is 246 g/mol. The van der Waals surface area contributed by atoms with Gasteiger partial charge in [0, 0.05) is 0 Å². The smallest absolute Gasteiger partial charge is 1.00 e. The molecule has 0 aliphatic rings. The van der Waals surface area contributed by atoms with Gasteiger partial charge < -0.3 is 34.0 Å². The Balaban J connectivity index is -0.0000000450. The molecule has 0 radical (unpaired) electrons. The summed E-state index contributed by atoms with van der Waals surface area (Å²) < 4.78 is 0. The molecule has 0 spiro atoms. The second-order valence-electron chi connectivity index (χ2n) is 0.964. The first-order valence-electron chi connectivity index (χ1n) is 1.15. The van der Waals surface area contributed by atoms with E-state index in [9.17, 15) is 0 Å². The minimum Gasteiger partial charge on any atom is -1.00 e. The molecular weight excluding hydrogens is 242 g/mol. The molecule has 0 rings (SSSR count). The standard InChI is InChI=1S/C2H6P.Al.2BrH/c1-3-2;;;/h1-2H3;;2*1H/q-1;+3;;/p-2. The maximum absolute atomic E-state index is 2.72. The van der Waals surface area contributed by atoms with Crippen LogP contribution in [0.2, 0.25) is 0 Å². The molecule has 0 unspecified atom stereocenters. The Labute approximate surface area is 69.4 Å². The van der Waals surface area contributed by atoms with Crippen LogP contribution in [-0.4, -0.2) is 29.2 Å². The average Bonchev–Trinajstić information content (AvgIpc) is 0.811. The predicted molar refractivity (Wildman–Crippen MR) is 24.5 cm³/mol. The van der Waals surface area contributed by atoms with Crippen LogP contribution in [0.1, 0.15) is 0 Å². The van der Waals surface area contributed by atoms with Gasteiger partial charge in [-0.15, -0.1) is 0 Å². The van der Waals surface area contributed by atoms with Crippen LogP contribution in [0.15, 0.2) is 0 Å². The van der Waals surface area contributed by atoms with E-state index in [0.29, 0.717) is 6.57 Å². The molecule has 0 saturated heterocycles. The summed E-state index contributed by atoms with van der Waals surface area (Å²) in [5.41, 5.74) is 0. The average molecular weight is 248 g/mol. The van der Waals surface area contributed by atoms with Crippen LogP contribution in [0.25, 0.3) is 0 Å². The van der Waals surface area contributed by atoms with Crippen molar-refractivity contribution in [2.24, 2.45) is 0 Å². The SMILES string of the molecule is C[P](C)[Al+2].[Br-].[Br-]. The molecule has 0 aromatic carbocycles. The Hall–Kier alpha value is 1.92. The van der Waals surface area contributed by atoms with Crippen LogP contribution in [0, 0.1) is 0 Å². The Morgan fingerprint density at radius 2 is 1.17 bits per heavy atom. The van der Waals surface area contributed by atoms with E-state index in [4.69, 9.17) is 0 Å². The fraction of sp³-hybridized carbons (Fsp3) is 1.00. The van der Waals surface area contributed by atoms with Gasteiger partial charge in [0.15, 0.2) is 0 Å². The van der Waals surface area contributed by atoms with Crippen molar-refractivity contribution in [3.63, 3.8) is 0 Å². The number of halogens is 2. The molecule has 0 aromatic rings. The molecule has 0 heterocycles. The molecule has 6 heavy (non-hydrogen) atoms. The summed E-state index contributed by atoms with van der Waals surface area (Å²) in [6, 6.07) is 0. The van der Waals surface area contributed by atoms with E-state index in [0.717, 1.165) is 0 Å². The second-order valence-corrected chi connectivity index (χ2v) is 5.99. The molecule has 0 aliphatic carbocycles. The molecule has 0 bridgehead atoms. The predicted octanol–water partition coefficient (Wildman–Crippen LogP) is -5.18. The second kappa shape index (κ2) is 10.0. The Kier molecular flexibility index (Phi) is 26.2. The van der Waals surface area contributed by atoms with E-state index in [1.807, 2.05) is 0 Å². The van der Waals surface area contributed by atoms with E-state index >= 15 is 0 Å². The molecule has 0 amide bonds. The van der Waals surface area contributed by atoms with Crippen LogP contribution in [0.5, 0.6) is 0 Å². The quantitative estimate of drug-likeness (QED) is 0.297. The van der Waals surface area contributed by atoms with Gasteiger partial charge in [0.2, 0.25) is 0 Å². The van der Waals surface area contributed by atoms with Crippen molar-refractivity contribution in [1.29, 1.82) is 0 Å². The largest absolute Gasteiger partial charge is 1.00 e. The van der Waals surface area contributed by atoms with Crippen LogP contribution >= 0.6 is 6.57 Å². The molecule has 36 valence electrons. The van der Waals surface area contributed by atoms with Gasteiger partial charge in [-0.1, -0.05) is 0 Å². The summed E-state index contributed by atoms with van der Waals surface area (Å²) in [5, 5.41) is 0. The summed E-state index contributed by atoms with van der Waals surface area (Å²) in [6.07, 6.45) is 0. The molecule has 4 heteroatoms. The van der Waals surface area contributed by atoms with Crippen molar-refractivity contribution in [2.75, 3.05) is 13.3 Å². The van der Waals surface area contributed by atoms with Gasteiger partial charge in [0.25, 0.3) is 0 Å². The van der Waals surface area contributed by atoms with Gasteiger partial charge in [-0.05, 0) is 0 Å². The van der Waals surface area contributed by atoms with Crippen molar-refractivity contribution in [3.8, 4) is 0 Å². The normalized spacial score (nSPS) is 6.17. The zero-order valence-corrected chi connectivity index (χ0v) is 9.00. The number of hydrogen-bond acceptors (Lipinski definition) is 0. The Morgan fingerprint density at radius 1 is 1.17 bits per heavy atom. The fourth-order valence-corrected chi connectivity index (χ4v) is 0. The van der Waals surface area contributed by atoms with Crippen molar-refractivity contribution < 1.29 is 34.0 Å². The minimum atomic E-state index is 0. The molecular formula is C2H6AlBr2P. The van der Waals surface area contributed by atoms with Crippen LogP contribution < -0.4 is 34.0 Å². The molecule has 0 fully saturated rings. The third-order valence-corrected chi connectivity index (χ3v) is 0. The number of rotatable bonds is 0. The zero-order chi connectivity index (χ0) is 3.58. The minimum absolute atomic E-state index is 0. The van der Waals surface area contributed by atoms with Gasteiger partial charge in [-0.3, -0.25) is 0 Å². The van der Waals surface area contributed by atoms with Gasteiger partial charge in [-0.25, -0.2) is 0 Å². The fourth-order valence-electron chi connectivity index (χ4n) is 0. The van der Waals surface area contributed by atoms with Crippen molar-refractivity contribution in [1.82, 2.24) is 0 Å². The molecule has 0 N–H and O–H groups in total. The van der Waals surface area contributed by atoms with Gasteiger partial charge in [0.05, 0.1) is 0 Å². The Morgan fingerprint density at radius 3 is 1.17 bits per heavy atom. The topological polar surface area (TPSA) is 0 Å². The van der Waals surface area contributed by atoms with Gasteiger partial charge >= 0.3 is 35.7 Å². The van der Waals surface area contributed by atoms with Crippen LogP contribution in [-0.2, 0) is 0 Å². The van der Waals surface area contributed by atoms with E-state index in [2.05, 4.69) is 29.2 Å². The van der Waals surface area contributed by atoms with Crippen molar-refractivity contribution in [3.05, 3.63) is 0 Å². The van der Waals surface area contributed by atoms with Crippen molar-refractivity contribution >= 4 is 22.4 Å². The first-order chi connectivity index (χ1) is 1.73. The molecule has 0 saturated carbocycles. The van der Waals surface area contributed by atoms with E-state index in [1.165, 1.54) is 0 Å². The van der Waals surface area contributed by atoms with Crippen molar-refractivity contribution in [2.45, 2.75) is 0 Å². The first-order valence-corrected chi connectivity index (χ1v) is 5.01. The number of hydrogen-bond donors (Lipinski definition) is 0. The summed E-state index contributed by atoms with van der Waals surface area (Å²) in [6.45, 7) is 4.69. The van der Waals surface area contributed by atoms with E-state index in [1.54, 1.807) is 0 Å². The molecule has 0 nitrogen and oxygen atoms in total. The third kappa shape index (κ3) is 38.8. The molecule has 0 aromatic heterocycles. The maximum Gasteiger partial charge on any atom is -1.00 e. The van der Waals surface area contributed by atoms with E-state index < -0.39 is 0 Å². The van der Waals surface area contributed by atoms with E-state index in [-0.39, 0.29) is 34.0 Å². The van der Waals surface area contributed by atoms with Gasteiger partial charge in [0.1, 0.15) is 0 Å². The summed E-state index contributed by atoms with van der Waals surface area (Å²) in [5.74, 6) is 0. The van der Waals surface area contributed by atoms with Crippen LogP contribution in [0.4, 0.5) is 0 Å². The summed E-state index contributed by atoms with van der Waals surface area (Å²) in [4.78, 5) is 0. The molecule has 0 aliphatic heterocycles. The molecule has 0 atom stereocenters. The third-order valence-electron chi connectivity index (χ3n) is 0. The Bertz CT molecular complexity index is 16.3. The maximum atomic E-state index is 2.72.